The van der Waals surface area contributed by atoms with Crippen LogP contribution in [0.25, 0.3) is 0 Å². The molecule has 0 heterocycles. The minimum atomic E-state index is -2.24. The molecule has 1 unspecified atom stereocenters. The molecule has 7 heteroatoms. The molecule has 0 aromatic carbocycles. The molecule has 0 saturated carbocycles. The third-order valence-electron chi connectivity index (χ3n) is 3.00. The fraction of sp³-hybridized carbons (Fsp3) is 0.857. The number of aliphatic hydroxyl groups is 1. The summed E-state index contributed by atoms with van der Waals surface area (Å²) in [4.78, 5) is 19.2. The summed E-state index contributed by atoms with van der Waals surface area (Å²) in [5.74, 6) is -2.10. The largest absolute Gasteiger partial charge is 0.481 e. The lowest BCUT2D eigenvalue weighted by Gasteiger charge is -2.19. The maximum atomic E-state index is 10.9. The van der Waals surface area contributed by atoms with Gasteiger partial charge in [0.1, 0.15) is 0 Å². The van der Waals surface area contributed by atoms with Crippen LogP contribution in [0.4, 0.5) is 0 Å². The molecule has 21 heavy (non-hydrogen) atoms. The van der Waals surface area contributed by atoms with Gasteiger partial charge in [-0.3, -0.25) is 4.79 Å². The van der Waals surface area contributed by atoms with Crippen molar-refractivity contribution >= 4 is 33.5 Å². The number of carboxylic acid groups (broad SMARTS) is 2. The van der Waals surface area contributed by atoms with E-state index in [9.17, 15) is 14.7 Å². The zero-order chi connectivity index (χ0) is 16.1. The summed E-state index contributed by atoms with van der Waals surface area (Å²) >= 11 is 0. The average molecular weight is 338 g/mol. The van der Waals surface area contributed by atoms with Crippen molar-refractivity contribution in [3.8, 4) is 0 Å². The molecule has 0 amide bonds. The molecule has 0 bridgehead atoms. The van der Waals surface area contributed by atoms with Gasteiger partial charge in [-0.05, 0) is 17.2 Å². The van der Waals surface area contributed by atoms with Gasteiger partial charge in [-0.1, -0.05) is 62.7 Å². The maximum Gasteiger partial charge on any atom is 0.347 e. The van der Waals surface area contributed by atoms with Crippen LogP contribution in [0.1, 0.15) is 64.7 Å². The van der Waals surface area contributed by atoms with Crippen LogP contribution < -0.4 is 0 Å². The van der Waals surface area contributed by atoms with Crippen LogP contribution in [0, 0.1) is 0 Å². The Morgan fingerprint density at radius 2 is 1.48 bits per heavy atom. The molecular weight excluding hydrogens is 312 g/mol. The van der Waals surface area contributed by atoms with E-state index in [0.717, 1.165) is 29.4 Å². The summed E-state index contributed by atoms with van der Waals surface area (Å²) in [7, 11) is 1.95. The molecule has 0 aliphatic rings. The number of hydrogen-bond acceptors (Lipinski definition) is 5. The standard InChI is InChI=1S/C14H26O5S2/c1-2-3-4-5-6-7-8-9-10-20-21-14(19,13(17)18)11-12(15)16/h19H,2-11H2,1H3,(H,15,16)(H,17,18). The van der Waals surface area contributed by atoms with Gasteiger partial charge in [0.25, 0.3) is 0 Å². The fourth-order valence-corrected chi connectivity index (χ4v) is 4.21. The zero-order valence-corrected chi connectivity index (χ0v) is 14.2. The predicted molar refractivity (Wildman–Crippen MR) is 87.5 cm³/mol. The van der Waals surface area contributed by atoms with Crippen molar-refractivity contribution in [1.29, 1.82) is 0 Å². The lowest BCUT2D eigenvalue weighted by molar-refractivity contribution is -0.155. The third kappa shape index (κ3) is 10.9. The van der Waals surface area contributed by atoms with E-state index in [-0.39, 0.29) is 0 Å². The van der Waals surface area contributed by atoms with E-state index >= 15 is 0 Å². The number of carbonyl (C=O) groups is 2. The summed E-state index contributed by atoms with van der Waals surface area (Å²) in [5.41, 5.74) is 0. The molecule has 0 radical (unpaired) electrons. The average Bonchev–Trinajstić information content (AvgIpc) is 2.40. The highest BCUT2D eigenvalue weighted by molar-refractivity contribution is 8.77. The molecule has 5 nitrogen and oxygen atoms in total. The zero-order valence-electron chi connectivity index (χ0n) is 12.5. The van der Waals surface area contributed by atoms with Crippen molar-refractivity contribution < 1.29 is 24.9 Å². The van der Waals surface area contributed by atoms with E-state index in [0.29, 0.717) is 0 Å². The SMILES string of the molecule is CCCCCCCCCCSSC(O)(CC(=O)O)C(=O)O. The molecular formula is C14H26O5S2. The first-order valence-electron chi connectivity index (χ1n) is 7.40. The highest BCUT2D eigenvalue weighted by Gasteiger charge is 2.39. The van der Waals surface area contributed by atoms with E-state index in [4.69, 9.17) is 10.2 Å². The van der Waals surface area contributed by atoms with E-state index in [2.05, 4.69) is 6.92 Å². The second-order valence-corrected chi connectivity index (χ2v) is 7.73. The topological polar surface area (TPSA) is 94.8 Å². The number of rotatable bonds is 14. The van der Waals surface area contributed by atoms with Crippen molar-refractivity contribution in [2.75, 3.05) is 5.75 Å². The van der Waals surface area contributed by atoms with Crippen LogP contribution in [0.3, 0.4) is 0 Å². The Bertz CT molecular complexity index is 312. The summed E-state index contributed by atoms with van der Waals surface area (Å²) in [6, 6.07) is 0. The molecule has 1 atom stereocenters. The normalized spacial score (nSPS) is 13.8. The van der Waals surface area contributed by atoms with Gasteiger partial charge < -0.3 is 15.3 Å². The molecule has 0 spiro atoms. The first kappa shape index (κ1) is 20.6. The maximum absolute atomic E-state index is 10.9. The molecule has 0 fully saturated rings. The van der Waals surface area contributed by atoms with Gasteiger partial charge in [-0.25, -0.2) is 4.79 Å². The molecule has 0 rings (SSSR count). The minimum Gasteiger partial charge on any atom is -0.481 e. The second-order valence-electron chi connectivity index (χ2n) is 5.04. The Kier molecular flexibility index (Phi) is 11.9. The van der Waals surface area contributed by atoms with Crippen LogP contribution in [0.2, 0.25) is 0 Å². The van der Waals surface area contributed by atoms with Crippen LogP contribution in [-0.2, 0) is 9.59 Å². The Morgan fingerprint density at radius 3 is 1.95 bits per heavy atom. The van der Waals surface area contributed by atoms with Crippen molar-refractivity contribution in [3.05, 3.63) is 0 Å². The molecule has 0 aromatic heterocycles. The predicted octanol–water partition coefficient (Wildman–Crippen LogP) is 3.76. The lowest BCUT2D eigenvalue weighted by Crippen LogP contribution is -2.36. The number of hydrogen-bond donors (Lipinski definition) is 3. The molecule has 0 aromatic rings. The quantitative estimate of drug-likeness (QED) is 0.252. The van der Waals surface area contributed by atoms with Crippen molar-refractivity contribution in [2.24, 2.45) is 0 Å². The Morgan fingerprint density at radius 1 is 0.952 bits per heavy atom. The first-order chi connectivity index (χ1) is 9.92. The lowest BCUT2D eigenvalue weighted by atomic mass is 10.1. The highest BCUT2D eigenvalue weighted by Crippen LogP contribution is 2.37. The Hall–Kier alpha value is -0.400. The van der Waals surface area contributed by atoms with Gasteiger partial charge in [0.05, 0.1) is 6.42 Å². The van der Waals surface area contributed by atoms with Gasteiger partial charge in [0.15, 0.2) is 0 Å². The van der Waals surface area contributed by atoms with Gasteiger partial charge in [0, 0.05) is 5.75 Å². The van der Waals surface area contributed by atoms with Crippen molar-refractivity contribution in [1.82, 2.24) is 0 Å². The first-order valence-corrected chi connectivity index (χ1v) is 9.72. The highest BCUT2D eigenvalue weighted by atomic mass is 33.1. The summed E-state index contributed by atoms with van der Waals surface area (Å²) < 4.78 is 0. The minimum absolute atomic E-state index is 0.717. The van der Waals surface area contributed by atoms with Gasteiger partial charge in [-0.15, -0.1) is 0 Å². The van der Waals surface area contributed by atoms with Crippen molar-refractivity contribution in [3.63, 3.8) is 0 Å². The van der Waals surface area contributed by atoms with Crippen LogP contribution in [0.15, 0.2) is 0 Å². The molecule has 3 N–H and O–H groups in total. The van der Waals surface area contributed by atoms with Crippen LogP contribution in [-0.4, -0.2) is 37.9 Å². The smallest absolute Gasteiger partial charge is 0.347 e. The molecule has 0 aliphatic carbocycles. The van der Waals surface area contributed by atoms with Gasteiger partial charge >= 0.3 is 11.9 Å². The van der Waals surface area contributed by atoms with E-state index in [1.807, 2.05) is 0 Å². The van der Waals surface area contributed by atoms with E-state index < -0.39 is 23.3 Å². The number of carboxylic acids is 2. The van der Waals surface area contributed by atoms with Crippen LogP contribution in [0.5, 0.6) is 0 Å². The number of aliphatic carboxylic acids is 2. The Labute approximate surface area is 134 Å². The monoisotopic (exact) mass is 338 g/mol. The Balaban J connectivity index is 3.64. The fourth-order valence-electron chi connectivity index (χ4n) is 1.78. The van der Waals surface area contributed by atoms with Gasteiger partial charge in [0.2, 0.25) is 4.93 Å². The molecule has 0 aliphatic heterocycles. The summed E-state index contributed by atoms with van der Waals surface area (Å²) in [5, 5.41) is 27.2. The molecule has 124 valence electrons. The number of unbranched alkanes of at least 4 members (excludes halogenated alkanes) is 7. The summed E-state index contributed by atoms with van der Waals surface area (Å²) in [6.07, 6.45) is 8.76. The van der Waals surface area contributed by atoms with Gasteiger partial charge in [-0.2, -0.15) is 0 Å². The van der Waals surface area contributed by atoms with Crippen molar-refractivity contribution in [2.45, 2.75) is 69.6 Å². The van der Waals surface area contributed by atoms with E-state index in [1.54, 1.807) is 0 Å². The van der Waals surface area contributed by atoms with E-state index in [1.165, 1.54) is 49.3 Å². The van der Waals surface area contributed by atoms with Crippen LogP contribution >= 0.6 is 21.6 Å². The summed E-state index contributed by atoms with van der Waals surface area (Å²) in [6.45, 7) is 2.19. The third-order valence-corrected chi connectivity index (χ3v) is 5.85. The second kappa shape index (κ2) is 12.2. The molecule has 0 saturated heterocycles.